The van der Waals surface area contributed by atoms with Crippen molar-refractivity contribution in [2.45, 2.75) is 13.8 Å². The third-order valence-electron chi connectivity index (χ3n) is 5.12. The molecule has 164 valence electrons. The third kappa shape index (κ3) is 3.74. The first-order valence-corrected chi connectivity index (χ1v) is 11.1. The van der Waals surface area contributed by atoms with Gasteiger partial charge < -0.3 is 9.84 Å². The molecule has 0 radical (unpaired) electrons. The molecule has 1 N–H and O–H groups in total. The van der Waals surface area contributed by atoms with Crippen molar-refractivity contribution in [2.75, 3.05) is 11.5 Å². The number of phenols is 1. The lowest BCUT2D eigenvalue weighted by Gasteiger charge is -2.12. The molecule has 2 aromatic carbocycles. The Balaban J connectivity index is 1.74. The van der Waals surface area contributed by atoms with E-state index in [2.05, 4.69) is 0 Å². The molecule has 32 heavy (non-hydrogen) atoms. The Morgan fingerprint density at radius 3 is 2.56 bits per heavy atom. The van der Waals surface area contributed by atoms with Gasteiger partial charge in [0.2, 0.25) is 0 Å². The zero-order chi connectivity index (χ0) is 23.0. The van der Waals surface area contributed by atoms with Crippen LogP contribution in [-0.2, 0) is 11.8 Å². The van der Waals surface area contributed by atoms with Gasteiger partial charge in [0.15, 0.2) is 15.8 Å². The molecule has 0 unspecified atom stereocenters. The maximum atomic E-state index is 13.3. The highest BCUT2D eigenvalue weighted by molar-refractivity contribution is 8.27. The van der Waals surface area contributed by atoms with Crippen LogP contribution in [0, 0.1) is 6.92 Å². The number of hydrogen-bond acceptors (Lipinski definition) is 6. The van der Waals surface area contributed by atoms with Crippen LogP contribution in [0.5, 0.6) is 11.5 Å². The van der Waals surface area contributed by atoms with Gasteiger partial charge in [-0.15, -0.1) is 0 Å². The van der Waals surface area contributed by atoms with Crippen LogP contribution in [-0.4, -0.2) is 31.3 Å². The van der Waals surface area contributed by atoms with Crippen molar-refractivity contribution in [1.82, 2.24) is 9.36 Å². The highest BCUT2D eigenvalue weighted by Crippen LogP contribution is 2.37. The Hall–Kier alpha value is -3.30. The number of phenolic OH excluding ortho intramolecular Hbond substituents is 1. The van der Waals surface area contributed by atoms with Crippen LogP contribution in [0.2, 0.25) is 0 Å². The number of aromatic nitrogens is 2. The summed E-state index contributed by atoms with van der Waals surface area (Å²) in [5.74, 6) is -0.00338. The number of aromatic hydroxyl groups is 1. The van der Waals surface area contributed by atoms with E-state index in [4.69, 9.17) is 17.0 Å². The molecule has 0 bridgehead atoms. The van der Waals surface area contributed by atoms with Crippen molar-refractivity contribution in [1.29, 1.82) is 0 Å². The fraction of sp³-hybridized carbons (Fsp3) is 0.174. The number of hydrogen-bond donors (Lipinski definition) is 1. The first-order valence-electron chi connectivity index (χ1n) is 9.91. The van der Waals surface area contributed by atoms with Gasteiger partial charge in [0, 0.05) is 7.05 Å². The predicted octanol–water partition coefficient (Wildman–Crippen LogP) is 3.99. The number of benzene rings is 2. The van der Waals surface area contributed by atoms with Crippen molar-refractivity contribution in [3.63, 3.8) is 0 Å². The standard InChI is InChI=1S/C23H21N3O4S2/c1-4-30-18-12-15(10-11-17(18)27)13-19-21(28)25(23(31)32-19)20-14(2)24(3)26(22(20)29)16-8-6-5-7-9-16/h5-13,27H,4H2,1-3H3/b19-13+. The number of thioether (sulfide) groups is 1. The van der Waals surface area contributed by atoms with E-state index in [0.717, 1.165) is 11.8 Å². The molecular formula is C23H21N3O4S2. The molecule has 9 heteroatoms. The molecule has 1 aliphatic rings. The minimum Gasteiger partial charge on any atom is -0.504 e. The van der Waals surface area contributed by atoms with E-state index >= 15 is 0 Å². The number of ether oxygens (including phenoxy) is 1. The Bertz CT molecular complexity index is 1310. The van der Waals surface area contributed by atoms with Crippen LogP contribution in [0.3, 0.4) is 0 Å². The molecule has 1 fully saturated rings. The predicted molar refractivity (Wildman–Crippen MR) is 131 cm³/mol. The Kier molecular flexibility index (Phi) is 5.94. The number of amides is 1. The summed E-state index contributed by atoms with van der Waals surface area (Å²) in [5.41, 5.74) is 1.92. The minimum atomic E-state index is -0.364. The van der Waals surface area contributed by atoms with Gasteiger partial charge in [-0.25, -0.2) is 4.68 Å². The number of thiocarbonyl (C=S) groups is 1. The molecule has 0 saturated carbocycles. The van der Waals surface area contributed by atoms with Gasteiger partial charge in [-0.05, 0) is 49.8 Å². The van der Waals surface area contributed by atoms with Crippen LogP contribution in [0.4, 0.5) is 5.69 Å². The Morgan fingerprint density at radius 2 is 1.88 bits per heavy atom. The zero-order valence-electron chi connectivity index (χ0n) is 17.7. The topological polar surface area (TPSA) is 76.7 Å². The van der Waals surface area contributed by atoms with Crippen molar-refractivity contribution in [3.8, 4) is 17.2 Å². The van der Waals surface area contributed by atoms with E-state index in [1.54, 1.807) is 36.9 Å². The lowest BCUT2D eigenvalue weighted by Crippen LogP contribution is -2.33. The summed E-state index contributed by atoms with van der Waals surface area (Å²) in [6.45, 7) is 4.01. The first kappa shape index (κ1) is 21.9. The molecule has 4 rings (SSSR count). The quantitative estimate of drug-likeness (QED) is 0.452. The fourth-order valence-corrected chi connectivity index (χ4v) is 4.79. The second-order valence-electron chi connectivity index (χ2n) is 7.09. The average molecular weight is 468 g/mol. The van der Waals surface area contributed by atoms with E-state index in [0.29, 0.717) is 34.2 Å². The monoisotopic (exact) mass is 467 g/mol. The molecule has 0 spiro atoms. The normalized spacial score (nSPS) is 15.1. The molecule has 0 aliphatic carbocycles. The van der Waals surface area contributed by atoms with Gasteiger partial charge in [-0.1, -0.05) is 48.2 Å². The number of nitrogens with zero attached hydrogens (tertiary/aromatic N) is 3. The molecule has 0 atom stereocenters. The molecular weight excluding hydrogens is 446 g/mol. The van der Waals surface area contributed by atoms with Crippen LogP contribution in [0.1, 0.15) is 18.2 Å². The van der Waals surface area contributed by atoms with Gasteiger partial charge in [0.05, 0.1) is 22.9 Å². The SMILES string of the molecule is CCOc1cc(/C=C2/SC(=S)N(c3c(C)n(C)n(-c4ccccc4)c3=O)C2=O)ccc1O. The number of carbonyl (C=O) groups is 1. The fourth-order valence-electron chi connectivity index (χ4n) is 3.52. The smallest absolute Gasteiger partial charge is 0.296 e. The average Bonchev–Trinajstić information content (AvgIpc) is 3.16. The highest BCUT2D eigenvalue weighted by Gasteiger charge is 2.37. The van der Waals surface area contributed by atoms with Gasteiger partial charge >= 0.3 is 0 Å². The van der Waals surface area contributed by atoms with Crippen LogP contribution in [0.25, 0.3) is 11.8 Å². The summed E-state index contributed by atoms with van der Waals surface area (Å²) in [6, 6.07) is 14.1. The van der Waals surface area contributed by atoms with E-state index in [1.165, 1.54) is 15.6 Å². The van der Waals surface area contributed by atoms with Gasteiger partial charge in [-0.2, -0.15) is 0 Å². The van der Waals surface area contributed by atoms with Crippen molar-refractivity contribution < 1.29 is 14.6 Å². The second-order valence-corrected chi connectivity index (χ2v) is 8.76. The van der Waals surface area contributed by atoms with Crippen LogP contribution in [0.15, 0.2) is 58.2 Å². The first-order chi connectivity index (χ1) is 15.3. The summed E-state index contributed by atoms with van der Waals surface area (Å²) in [4.78, 5) is 28.3. The summed E-state index contributed by atoms with van der Waals surface area (Å²) in [7, 11) is 1.77. The number of rotatable bonds is 5. The van der Waals surface area contributed by atoms with Crippen molar-refractivity contribution in [3.05, 3.63) is 75.0 Å². The van der Waals surface area contributed by atoms with Crippen molar-refractivity contribution >= 4 is 46.0 Å². The second kappa shape index (κ2) is 8.68. The minimum absolute atomic E-state index is 0.0259. The third-order valence-corrected chi connectivity index (χ3v) is 6.42. The van der Waals surface area contributed by atoms with Gasteiger partial charge in [0.25, 0.3) is 11.5 Å². The molecule has 7 nitrogen and oxygen atoms in total. The summed E-state index contributed by atoms with van der Waals surface area (Å²) in [5, 5.41) is 9.91. The molecule has 2 heterocycles. The zero-order valence-corrected chi connectivity index (χ0v) is 19.4. The molecule has 3 aromatic rings. The lowest BCUT2D eigenvalue weighted by molar-refractivity contribution is -0.113. The summed E-state index contributed by atoms with van der Waals surface area (Å²) in [6.07, 6.45) is 1.68. The van der Waals surface area contributed by atoms with Crippen LogP contribution >= 0.6 is 24.0 Å². The maximum Gasteiger partial charge on any atom is 0.296 e. The highest BCUT2D eigenvalue weighted by atomic mass is 32.2. The summed E-state index contributed by atoms with van der Waals surface area (Å²) < 4.78 is 8.93. The number of carbonyl (C=O) groups excluding carboxylic acids is 1. The van der Waals surface area contributed by atoms with E-state index in [-0.39, 0.29) is 27.2 Å². The largest absolute Gasteiger partial charge is 0.504 e. The van der Waals surface area contributed by atoms with E-state index in [1.807, 2.05) is 37.3 Å². The van der Waals surface area contributed by atoms with Crippen LogP contribution < -0.4 is 15.2 Å². The Morgan fingerprint density at radius 1 is 1.16 bits per heavy atom. The molecule has 1 aromatic heterocycles. The number of anilines is 1. The molecule has 1 aliphatic heterocycles. The van der Waals surface area contributed by atoms with Crippen molar-refractivity contribution in [2.24, 2.45) is 7.05 Å². The van der Waals surface area contributed by atoms with Gasteiger partial charge in [0.1, 0.15) is 5.69 Å². The maximum absolute atomic E-state index is 13.3. The van der Waals surface area contributed by atoms with Gasteiger partial charge in [-0.3, -0.25) is 19.2 Å². The van der Waals surface area contributed by atoms with E-state index in [9.17, 15) is 14.7 Å². The summed E-state index contributed by atoms with van der Waals surface area (Å²) >= 11 is 6.61. The Labute approximate surface area is 194 Å². The van der Waals surface area contributed by atoms with E-state index < -0.39 is 0 Å². The molecule has 1 saturated heterocycles. The number of para-hydroxylation sites is 1. The molecule has 1 amide bonds. The lowest BCUT2D eigenvalue weighted by atomic mass is 10.2.